The second kappa shape index (κ2) is 5.39. The van der Waals surface area contributed by atoms with E-state index in [0.717, 1.165) is 30.2 Å². The quantitative estimate of drug-likeness (QED) is 0.829. The molecule has 0 radical (unpaired) electrons. The smallest absolute Gasteiger partial charge is 0.254 e. The topological polar surface area (TPSA) is 29.1 Å². The van der Waals surface area contributed by atoms with Gasteiger partial charge in [0, 0.05) is 11.9 Å². The Morgan fingerprint density at radius 1 is 1.50 bits per heavy atom. The molecule has 1 fully saturated rings. The minimum absolute atomic E-state index is 0.143. The van der Waals surface area contributed by atoms with Gasteiger partial charge in [-0.1, -0.05) is 27.6 Å². The van der Waals surface area contributed by atoms with Gasteiger partial charge in [0.15, 0.2) is 0 Å². The molecule has 1 N–H and O–H groups in total. The summed E-state index contributed by atoms with van der Waals surface area (Å²) in [5.74, 6) is -0.763. The van der Waals surface area contributed by atoms with Gasteiger partial charge in [0.05, 0.1) is 5.56 Å². The molecule has 1 saturated carbocycles. The van der Waals surface area contributed by atoms with Crippen molar-refractivity contribution in [1.29, 1.82) is 0 Å². The minimum Gasteiger partial charge on any atom is -0.351 e. The second-order valence-corrected chi connectivity index (χ2v) is 5.90. The Kier molecular flexibility index (Phi) is 4.05. The molecule has 0 unspecified atom stereocenters. The maximum absolute atomic E-state index is 13.5. The lowest BCUT2D eigenvalue weighted by atomic mass is 10.0. The molecule has 18 heavy (non-hydrogen) atoms. The van der Waals surface area contributed by atoms with Crippen molar-refractivity contribution in [2.24, 2.45) is 5.41 Å². The summed E-state index contributed by atoms with van der Waals surface area (Å²) in [6.07, 6.45) is 3.36. The molecule has 1 aromatic carbocycles. The number of aryl methyl sites for hydroxylation is 1. The molecule has 0 atom stereocenters. The fraction of sp³-hybridized carbons (Fsp3) is 0.500. The zero-order chi connectivity index (χ0) is 13.2. The van der Waals surface area contributed by atoms with Crippen LogP contribution in [0, 0.1) is 18.2 Å². The van der Waals surface area contributed by atoms with Crippen LogP contribution in [-0.4, -0.2) is 17.8 Å². The molecule has 0 spiro atoms. The van der Waals surface area contributed by atoms with Crippen LogP contribution in [0.4, 0.5) is 4.39 Å². The number of nitrogens with one attached hydrogen (secondary N) is 1. The zero-order valence-electron chi connectivity index (χ0n) is 10.4. The monoisotopic (exact) mass is 313 g/mol. The van der Waals surface area contributed by atoms with E-state index in [1.165, 1.54) is 6.07 Å². The standard InChI is InChI=1S/C14H17BrFNO/c1-10-2-3-12(16)11(8-10)13(18)17-9-14(4-5-14)6-7-15/h2-3,8H,4-7,9H2,1H3,(H,17,18). The molecule has 0 heterocycles. The number of alkyl halides is 1. The van der Waals surface area contributed by atoms with Crippen molar-refractivity contribution in [2.45, 2.75) is 26.2 Å². The highest BCUT2D eigenvalue weighted by molar-refractivity contribution is 9.09. The highest BCUT2D eigenvalue weighted by Crippen LogP contribution is 2.48. The van der Waals surface area contributed by atoms with Crippen LogP contribution in [0.3, 0.4) is 0 Å². The zero-order valence-corrected chi connectivity index (χ0v) is 12.0. The number of carbonyl (C=O) groups excluding carboxylic acids is 1. The number of hydrogen-bond donors (Lipinski definition) is 1. The third-order valence-electron chi connectivity index (χ3n) is 3.57. The average Bonchev–Trinajstić information content (AvgIpc) is 3.10. The van der Waals surface area contributed by atoms with E-state index >= 15 is 0 Å². The molecule has 4 heteroatoms. The van der Waals surface area contributed by atoms with Crippen LogP contribution in [0.2, 0.25) is 0 Å². The molecule has 0 aliphatic heterocycles. The summed E-state index contributed by atoms with van der Waals surface area (Å²) < 4.78 is 13.5. The molecule has 1 amide bonds. The number of hydrogen-bond acceptors (Lipinski definition) is 1. The van der Waals surface area contributed by atoms with Crippen molar-refractivity contribution in [1.82, 2.24) is 5.32 Å². The lowest BCUT2D eigenvalue weighted by Gasteiger charge is -2.14. The van der Waals surface area contributed by atoms with Gasteiger partial charge >= 0.3 is 0 Å². The van der Waals surface area contributed by atoms with Crippen molar-refractivity contribution in [2.75, 3.05) is 11.9 Å². The van der Waals surface area contributed by atoms with Gasteiger partial charge in [-0.15, -0.1) is 0 Å². The van der Waals surface area contributed by atoms with E-state index in [-0.39, 0.29) is 16.9 Å². The van der Waals surface area contributed by atoms with Crippen LogP contribution in [0.1, 0.15) is 35.2 Å². The average molecular weight is 314 g/mol. The van der Waals surface area contributed by atoms with Crippen LogP contribution < -0.4 is 5.32 Å². The molecule has 1 aromatic rings. The van der Waals surface area contributed by atoms with Crippen LogP contribution >= 0.6 is 15.9 Å². The molecular formula is C14H17BrFNO. The molecule has 1 aliphatic rings. The first-order chi connectivity index (χ1) is 8.56. The van der Waals surface area contributed by atoms with Crippen LogP contribution in [0.5, 0.6) is 0 Å². The summed E-state index contributed by atoms with van der Waals surface area (Å²) in [5, 5.41) is 3.80. The van der Waals surface area contributed by atoms with E-state index in [2.05, 4.69) is 21.2 Å². The fourth-order valence-electron chi connectivity index (χ4n) is 2.07. The summed E-state index contributed by atoms with van der Waals surface area (Å²) >= 11 is 3.43. The van der Waals surface area contributed by atoms with E-state index in [1.54, 1.807) is 12.1 Å². The first-order valence-electron chi connectivity index (χ1n) is 6.17. The lowest BCUT2D eigenvalue weighted by Crippen LogP contribution is -2.31. The normalized spacial score (nSPS) is 16.4. The lowest BCUT2D eigenvalue weighted by molar-refractivity contribution is 0.0940. The Morgan fingerprint density at radius 3 is 2.83 bits per heavy atom. The van der Waals surface area contributed by atoms with Gasteiger partial charge in [0.25, 0.3) is 5.91 Å². The van der Waals surface area contributed by atoms with Gasteiger partial charge in [0.2, 0.25) is 0 Å². The van der Waals surface area contributed by atoms with Crippen LogP contribution in [-0.2, 0) is 0 Å². The molecule has 0 bridgehead atoms. The molecule has 2 nitrogen and oxygen atoms in total. The molecule has 2 rings (SSSR count). The fourth-order valence-corrected chi connectivity index (χ4v) is 2.91. The molecular weight excluding hydrogens is 297 g/mol. The largest absolute Gasteiger partial charge is 0.351 e. The number of rotatable bonds is 5. The Hall–Kier alpha value is -0.900. The van der Waals surface area contributed by atoms with Crippen molar-refractivity contribution < 1.29 is 9.18 Å². The van der Waals surface area contributed by atoms with E-state index in [9.17, 15) is 9.18 Å². The van der Waals surface area contributed by atoms with E-state index in [4.69, 9.17) is 0 Å². The van der Waals surface area contributed by atoms with Gasteiger partial charge in [-0.25, -0.2) is 4.39 Å². The molecule has 1 aliphatic carbocycles. The van der Waals surface area contributed by atoms with E-state index < -0.39 is 5.82 Å². The van der Waals surface area contributed by atoms with Gasteiger partial charge in [-0.2, -0.15) is 0 Å². The Morgan fingerprint density at radius 2 is 2.22 bits per heavy atom. The van der Waals surface area contributed by atoms with Gasteiger partial charge in [0.1, 0.15) is 5.82 Å². The number of benzene rings is 1. The Balaban J connectivity index is 1.98. The van der Waals surface area contributed by atoms with Crippen molar-refractivity contribution in [3.05, 3.63) is 35.1 Å². The van der Waals surface area contributed by atoms with Crippen molar-refractivity contribution in [3.8, 4) is 0 Å². The predicted molar refractivity (Wildman–Crippen MR) is 73.5 cm³/mol. The summed E-state index contributed by atoms with van der Waals surface area (Å²) in [5.41, 5.74) is 1.28. The summed E-state index contributed by atoms with van der Waals surface area (Å²) in [6.45, 7) is 2.49. The Labute approximate surface area is 115 Å². The maximum atomic E-state index is 13.5. The summed E-state index contributed by atoms with van der Waals surface area (Å²) in [7, 11) is 0. The SMILES string of the molecule is Cc1ccc(F)c(C(=O)NCC2(CCBr)CC2)c1. The molecule has 0 aromatic heterocycles. The van der Waals surface area contributed by atoms with Crippen LogP contribution in [0.15, 0.2) is 18.2 Å². The molecule has 98 valence electrons. The van der Waals surface area contributed by atoms with Crippen LogP contribution in [0.25, 0.3) is 0 Å². The number of amides is 1. The first-order valence-corrected chi connectivity index (χ1v) is 7.29. The molecule has 0 saturated heterocycles. The minimum atomic E-state index is -0.455. The Bertz CT molecular complexity index is 457. The highest BCUT2D eigenvalue weighted by Gasteiger charge is 2.41. The third-order valence-corrected chi connectivity index (χ3v) is 3.97. The predicted octanol–water partition coefficient (Wildman–Crippen LogP) is 3.43. The van der Waals surface area contributed by atoms with Crippen molar-refractivity contribution >= 4 is 21.8 Å². The van der Waals surface area contributed by atoms with Gasteiger partial charge in [-0.05, 0) is 43.7 Å². The summed E-state index contributed by atoms with van der Waals surface area (Å²) in [4.78, 5) is 11.9. The number of halogens is 2. The second-order valence-electron chi connectivity index (χ2n) is 5.10. The first kappa shape index (κ1) is 13.5. The van der Waals surface area contributed by atoms with Crippen molar-refractivity contribution in [3.63, 3.8) is 0 Å². The maximum Gasteiger partial charge on any atom is 0.254 e. The van der Waals surface area contributed by atoms with E-state index in [0.29, 0.717) is 6.54 Å². The van der Waals surface area contributed by atoms with E-state index in [1.807, 2.05) is 6.92 Å². The number of carbonyl (C=O) groups is 1. The van der Waals surface area contributed by atoms with Gasteiger partial charge in [-0.3, -0.25) is 4.79 Å². The summed E-state index contributed by atoms with van der Waals surface area (Å²) in [6, 6.07) is 4.60. The van der Waals surface area contributed by atoms with Gasteiger partial charge < -0.3 is 5.32 Å². The highest BCUT2D eigenvalue weighted by atomic mass is 79.9. The third kappa shape index (κ3) is 3.10.